The second kappa shape index (κ2) is 8.32. The van der Waals surface area contributed by atoms with E-state index in [1.165, 1.54) is 24.3 Å². The van der Waals surface area contributed by atoms with Crippen LogP contribution in [0.5, 0.6) is 0 Å². The number of carbonyl (C=O) groups is 1. The summed E-state index contributed by atoms with van der Waals surface area (Å²) in [7, 11) is -3.63. The van der Waals surface area contributed by atoms with Gasteiger partial charge >= 0.3 is 5.97 Å². The number of ether oxygens (including phenoxy) is 1. The molecule has 0 spiro atoms. The van der Waals surface area contributed by atoms with E-state index in [1.54, 1.807) is 13.3 Å². The Morgan fingerprint density at radius 2 is 1.89 bits per heavy atom. The van der Waals surface area contributed by atoms with Crippen molar-refractivity contribution in [2.24, 2.45) is 0 Å². The van der Waals surface area contributed by atoms with Crippen LogP contribution in [-0.2, 0) is 21.3 Å². The lowest BCUT2D eigenvalue weighted by Gasteiger charge is -2.08. The number of sulfonamides is 1. The summed E-state index contributed by atoms with van der Waals surface area (Å²) in [6.45, 7) is 2.94. The topological polar surface area (TPSA) is 90.3 Å². The van der Waals surface area contributed by atoms with E-state index in [-0.39, 0.29) is 11.5 Å². The number of nitrogens with zero attached hydrogens (tertiary/aromatic N) is 2. The Balaban J connectivity index is 1.56. The maximum Gasteiger partial charge on any atom is 0.338 e. The molecule has 1 heterocycles. The molecule has 27 heavy (non-hydrogen) atoms. The van der Waals surface area contributed by atoms with Gasteiger partial charge in [0.2, 0.25) is 10.0 Å². The van der Waals surface area contributed by atoms with Gasteiger partial charge in [-0.2, -0.15) is 0 Å². The molecule has 0 atom stereocenters. The molecule has 0 saturated carbocycles. The maximum atomic E-state index is 12.4. The zero-order valence-corrected chi connectivity index (χ0v) is 15.8. The molecule has 0 radical (unpaired) electrons. The number of carbonyl (C=O) groups excluding carboxylic acids is 1. The van der Waals surface area contributed by atoms with Gasteiger partial charge in [-0.1, -0.05) is 12.1 Å². The van der Waals surface area contributed by atoms with Crippen molar-refractivity contribution in [3.8, 4) is 0 Å². The third-order valence-electron chi connectivity index (χ3n) is 4.07. The van der Waals surface area contributed by atoms with E-state index in [9.17, 15) is 13.2 Å². The zero-order valence-electron chi connectivity index (χ0n) is 15.0. The van der Waals surface area contributed by atoms with Crippen LogP contribution in [0.4, 0.5) is 0 Å². The van der Waals surface area contributed by atoms with E-state index in [0.29, 0.717) is 25.1 Å². The number of rotatable bonds is 8. The van der Waals surface area contributed by atoms with Gasteiger partial charge in [0, 0.05) is 13.1 Å². The molecule has 0 aliphatic heterocycles. The predicted octanol–water partition coefficient (Wildman–Crippen LogP) is 2.58. The van der Waals surface area contributed by atoms with Crippen LogP contribution in [0.25, 0.3) is 11.0 Å². The summed E-state index contributed by atoms with van der Waals surface area (Å²) in [5.41, 5.74) is 2.26. The number of esters is 1. The molecule has 2 aromatic carbocycles. The van der Waals surface area contributed by atoms with Crippen LogP contribution in [0, 0.1) is 0 Å². The van der Waals surface area contributed by atoms with Crippen LogP contribution < -0.4 is 4.72 Å². The molecule has 0 fully saturated rings. The Hall–Kier alpha value is -2.71. The molecular formula is C19H21N3O4S. The highest BCUT2D eigenvalue weighted by Gasteiger charge is 2.15. The molecule has 0 aliphatic carbocycles. The highest BCUT2D eigenvalue weighted by Crippen LogP contribution is 2.13. The number of hydrogen-bond donors (Lipinski definition) is 1. The first-order chi connectivity index (χ1) is 13.0. The summed E-state index contributed by atoms with van der Waals surface area (Å²) in [5.74, 6) is -0.470. The van der Waals surface area contributed by atoms with Gasteiger partial charge in [-0.05, 0) is 49.7 Å². The van der Waals surface area contributed by atoms with Crippen molar-refractivity contribution in [3.05, 3.63) is 60.4 Å². The van der Waals surface area contributed by atoms with E-state index >= 15 is 0 Å². The number of imidazole rings is 1. The predicted molar refractivity (Wildman–Crippen MR) is 102 cm³/mol. The second-order valence-electron chi connectivity index (χ2n) is 5.92. The summed E-state index contributed by atoms with van der Waals surface area (Å²) in [4.78, 5) is 16.1. The first-order valence-electron chi connectivity index (χ1n) is 8.68. The van der Waals surface area contributed by atoms with Crippen LogP contribution in [0.3, 0.4) is 0 Å². The van der Waals surface area contributed by atoms with E-state index in [1.807, 2.05) is 28.8 Å². The second-order valence-corrected chi connectivity index (χ2v) is 7.69. The number of nitrogens with one attached hydrogen (secondary N) is 1. The van der Waals surface area contributed by atoms with Gasteiger partial charge in [0.05, 0.1) is 34.4 Å². The maximum absolute atomic E-state index is 12.4. The van der Waals surface area contributed by atoms with Crippen LogP contribution in [0.15, 0.2) is 59.8 Å². The lowest BCUT2D eigenvalue weighted by Crippen LogP contribution is -2.25. The van der Waals surface area contributed by atoms with Crippen molar-refractivity contribution in [2.75, 3.05) is 13.2 Å². The first kappa shape index (κ1) is 19.1. The number of benzene rings is 2. The van der Waals surface area contributed by atoms with Gasteiger partial charge in [-0.25, -0.2) is 22.9 Å². The minimum atomic E-state index is -3.63. The van der Waals surface area contributed by atoms with Crippen molar-refractivity contribution >= 4 is 27.0 Å². The minimum absolute atomic E-state index is 0.114. The van der Waals surface area contributed by atoms with Crippen LogP contribution in [-0.4, -0.2) is 37.1 Å². The molecule has 0 aliphatic rings. The molecule has 0 bridgehead atoms. The van der Waals surface area contributed by atoms with Crippen LogP contribution in [0.2, 0.25) is 0 Å². The fraction of sp³-hybridized carbons (Fsp3) is 0.263. The lowest BCUT2D eigenvalue weighted by molar-refractivity contribution is 0.0526. The molecule has 0 saturated heterocycles. The largest absolute Gasteiger partial charge is 0.462 e. The fourth-order valence-corrected chi connectivity index (χ4v) is 3.79. The monoisotopic (exact) mass is 387 g/mol. The van der Waals surface area contributed by atoms with E-state index in [4.69, 9.17) is 4.74 Å². The smallest absolute Gasteiger partial charge is 0.338 e. The third kappa shape index (κ3) is 4.53. The Labute approximate surface area is 158 Å². The van der Waals surface area contributed by atoms with Gasteiger partial charge in [0.1, 0.15) is 0 Å². The van der Waals surface area contributed by atoms with Gasteiger partial charge < -0.3 is 9.30 Å². The Morgan fingerprint density at radius 3 is 2.63 bits per heavy atom. The lowest BCUT2D eigenvalue weighted by atomic mass is 10.2. The van der Waals surface area contributed by atoms with Gasteiger partial charge in [0.25, 0.3) is 0 Å². The van der Waals surface area contributed by atoms with E-state index < -0.39 is 16.0 Å². The van der Waals surface area contributed by atoms with Crippen molar-refractivity contribution in [1.82, 2.24) is 14.3 Å². The molecule has 1 N–H and O–H groups in total. The van der Waals surface area contributed by atoms with Crippen molar-refractivity contribution < 1.29 is 17.9 Å². The number of hydrogen-bond acceptors (Lipinski definition) is 5. The molecule has 7 nitrogen and oxygen atoms in total. The molecule has 3 rings (SSSR count). The van der Waals surface area contributed by atoms with Crippen molar-refractivity contribution in [2.45, 2.75) is 24.8 Å². The quantitative estimate of drug-likeness (QED) is 0.474. The van der Waals surface area contributed by atoms with Crippen LogP contribution in [0.1, 0.15) is 23.7 Å². The molecule has 3 aromatic rings. The summed E-state index contributed by atoms with van der Waals surface area (Å²) >= 11 is 0. The zero-order chi connectivity index (χ0) is 19.3. The molecule has 1 aromatic heterocycles. The summed E-state index contributed by atoms with van der Waals surface area (Å²) in [6.07, 6.45) is 2.38. The van der Waals surface area contributed by atoms with Gasteiger partial charge in [-0.3, -0.25) is 0 Å². The Bertz CT molecular complexity index is 1030. The van der Waals surface area contributed by atoms with E-state index in [2.05, 4.69) is 9.71 Å². The molecule has 8 heteroatoms. The summed E-state index contributed by atoms with van der Waals surface area (Å²) in [5, 5.41) is 0. The average Bonchev–Trinajstić information content (AvgIpc) is 3.09. The standard InChI is InChI=1S/C19H21N3O4S/c1-2-26-19(23)15-8-10-16(11-9-15)27(24,25)21-12-5-13-22-14-20-17-6-3-4-7-18(17)22/h3-4,6-11,14,21H,2,5,12-13H2,1H3. The highest BCUT2D eigenvalue weighted by atomic mass is 32.2. The average molecular weight is 387 g/mol. The molecule has 142 valence electrons. The number of aryl methyl sites for hydroxylation is 1. The Kier molecular flexibility index (Phi) is 5.88. The van der Waals surface area contributed by atoms with Crippen LogP contribution >= 0.6 is 0 Å². The minimum Gasteiger partial charge on any atom is -0.462 e. The molecule has 0 unspecified atom stereocenters. The van der Waals surface area contributed by atoms with Gasteiger partial charge in [-0.15, -0.1) is 0 Å². The van der Waals surface area contributed by atoms with Gasteiger partial charge in [0.15, 0.2) is 0 Å². The number of fused-ring (bicyclic) bond motifs is 1. The number of aromatic nitrogens is 2. The number of para-hydroxylation sites is 2. The first-order valence-corrected chi connectivity index (χ1v) is 10.2. The Morgan fingerprint density at radius 1 is 1.15 bits per heavy atom. The highest BCUT2D eigenvalue weighted by molar-refractivity contribution is 7.89. The van der Waals surface area contributed by atoms with Crippen molar-refractivity contribution in [3.63, 3.8) is 0 Å². The molecule has 0 amide bonds. The summed E-state index contributed by atoms with van der Waals surface area (Å²) in [6, 6.07) is 13.5. The van der Waals surface area contributed by atoms with Crippen molar-refractivity contribution in [1.29, 1.82) is 0 Å². The van der Waals surface area contributed by atoms with E-state index in [0.717, 1.165) is 11.0 Å². The summed E-state index contributed by atoms with van der Waals surface area (Å²) < 4.78 is 34.2. The third-order valence-corrected chi connectivity index (χ3v) is 5.55. The fourth-order valence-electron chi connectivity index (χ4n) is 2.71. The molecular weight excluding hydrogens is 366 g/mol. The normalized spacial score (nSPS) is 11.6. The SMILES string of the molecule is CCOC(=O)c1ccc(S(=O)(=O)NCCCn2cnc3ccccc32)cc1.